The molecule has 0 spiro atoms. The van der Waals surface area contributed by atoms with Gasteiger partial charge in [0.25, 0.3) is 0 Å². The number of amides is 1. The highest BCUT2D eigenvalue weighted by molar-refractivity contribution is 6.31. The highest BCUT2D eigenvalue weighted by Gasteiger charge is 2.32. The van der Waals surface area contributed by atoms with Crippen LogP contribution in [0, 0.1) is 24.2 Å². The van der Waals surface area contributed by atoms with Crippen LogP contribution in [0.2, 0.25) is 5.02 Å². The van der Waals surface area contributed by atoms with Gasteiger partial charge >= 0.3 is 0 Å². The molecule has 1 N–H and O–H groups in total. The van der Waals surface area contributed by atoms with Gasteiger partial charge in [-0.25, -0.2) is 0 Å². The van der Waals surface area contributed by atoms with Crippen molar-refractivity contribution in [1.82, 2.24) is 0 Å². The highest BCUT2D eigenvalue weighted by Crippen LogP contribution is 2.29. The zero-order chi connectivity index (χ0) is 19.6. The fraction of sp³-hybridized carbons (Fsp3) is 0.150. The van der Waals surface area contributed by atoms with E-state index in [4.69, 9.17) is 20.8 Å². The number of halogens is 1. The lowest BCUT2D eigenvalue weighted by atomic mass is 9.99. The summed E-state index contributed by atoms with van der Waals surface area (Å²) in [5.41, 5.74) is 1.41. The van der Waals surface area contributed by atoms with E-state index in [2.05, 4.69) is 5.32 Å². The quantitative estimate of drug-likeness (QED) is 0.522. The molecule has 1 amide bonds. The highest BCUT2D eigenvalue weighted by atomic mass is 35.5. The van der Waals surface area contributed by atoms with Crippen molar-refractivity contribution >= 4 is 39.9 Å². The summed E-state index contributed by atoms with van der Waals surface area (Å²) in [4.78, 5) is 25.3. The Morgan fingerprint density at radius 3 is 2.74 bits per heavy atom. The molecule has 136 valence electrons. The van der Waals surface area contributed by atoms with E-state index in [0.29, 0.717) is 33.0 Å². The second kappa shape index (κ2) is 7.52. The normalized spacial score (nSPS) is 11.6. The molecule has 0 saturated carbocycles. The summed E-state index contributed by atoms with van der Waals surface area (Å²) >= 11 is 5.98. The summed E-state index contributed by atoms with van der Waals surface area (Å²) in [7, 11) is 1.50. The Bertz CT molecular complexity index is 1080. The molecule has 0 aliphatic carbocycles. The molecule has 0 saturated heterocycles. The third kappa shape index (κ3) is 3.64. The first-order chi connectivity index (χ1) is 12.9. The largest absolute Gasteiger partial charge is 0.497 e. The lowest BCUT2D eigenvalue weighted by Crippen LogP contribution is -2.28. The SMILES string of the molecule is COc1cccc(NC(=O)C(C#N)C(=O)c2oc3ccc(Cl)cc3c2C)c1. The molecule has 0 aliphatic rings. The van der Waals surface area contributed by atoms with Crippen LogP contribution >= 0.6 is 11.6 Å². The Kier molecular flexibility index (Phi) is 5.15. The molecule has 0 fully saturated rings. The molecule has 6 nitrogen and oxygen atoms in total. The maximum atomic E-state index is 12.8. The Balaban J connectivity index is 1.89. The Morgan fingerprint density at radius 1 is 1.26 bits per heavy atom. The first kappa shape index (κ1) is 18.5. The monoisotopic (exact) mass is 382 g/mol. The van der Waals surface area contributed by atoms with Gasteiger partial charge in [0.05, 0.1) is 13.2 Å². The number of furan rings is 1. The van der Waals surface area contributed by atoms with E-state index in [9.17, 15) is 14.9 Å². The number of nitrogens with one attached hydrogen (secondary N) is 1. The van der Waals surface area contributed by atoms with Gasteiger partial charge in [-0.05, 0) is 37.3 Å². The van der Waals surface area contributed by atoms with Crippen LogP contribution in [0.5, 0.6) is 5.75 Å². The number of nitriles is 1. The van der Waals surface area contributed by atoms with Crippen LogP contribution in [0.1, 0.15) is 16.1 Å². The van der Waals surface area contributed by atoms with Crippen LogP contribution in [0.15, 0.2) is 46.9 Å². The lowest BCUT2D eigenvalue weighted by Gasteiger charge is -2.10. The van der Waals surface area contributed by atoms with Crippen molar-refractivity contribution in [3.63, 3.8) is 0 Å². The maximum absolute atomic E-state index is 12.8. The fourth-order valence-electron chi connectivity index (χ4n) is 2.71. The molecular formula is C20H15ClN2O4. The van der Waals surface area contributed by atoms with Crippen molar-refractivity contribution in [3.05, 3.63) is 58.8 Å². The lowest BCUT2D eigenvalue weighted by molar-refractivity contribution is -0.117. The minimum absolute atomic E-state index is 0.0281. The Hall–Kier alpha value is -3.30. The standard InChI is InChI=1S/C20H15ClN2O4/c1-11-15-8-12(21)6-7-17(15)27-19(11)18(24)16(10-22)20(25)23-13-4-3-5-14(9-13)26-2/h3-9,16H,1-2H3,(H,23,25). The van der Waals surface area contributed by atoms with Gasteiger partial charge < -0.3 is 14.5 Å². The Labute approximate surface area is 160 Å². The second-order valence-electron chi connectivity index (χ2n) is 5.84. The topological polar surface area (TPSA) is 92.3 Å². The van der Waals surface area contributed by atoms with Crippen LogP contribution in [0.3, 0.4) is 0 Å². The molecule has 2 aromatic carbocycles. The molecule has 3 aromatic rings. The third-order valence-corrected chi connectivity index (χ3v) is 4.35. The van der Waals surface area contributed by atoms with E-state index < -0.39 is 17.6 Å². The molecule has 27 heavy (non-hydrogen) atoms. The van der Waals surface area contributed by atoms with E-state index in [1.54, 1.807) is 55.5 Å². The number of benzene rings is 2. The fourth-order valence-corrected chi connectivity index (χ4v) is 2.88. The molecule has 1 heterocycles. The number of methoxy groups -OCH3 is 1. The van der Waals surface area contributed by atoms with Gasteiger partial charge in [0.1, 0.15) is 11.3 Å². The molecule has 1 unspecified atom stereocenters. The number of hydrogen-bond donors (Lipinski definition) is 1. The van der Waals surface area contributed by atoms with Gasteiger partial charge in [0.15, 0.2) is 11.7 Å². The number of Topliss-reactive ketones (excluding diaryl/α,β-unsaturated/α-hetero) is 1. The van der Waals surface area contributed by atoms with Crippen molar-refractivity contribution in [3.8, 4) is 11.8 Å². The number of anilines is 1. The first-order valence-corrected chi connectivity index (χ1v) is 8.39. The summed E-state index contributed by atoms with van der Waals surface area (Å²) in [5, 5.41) is 13.1. The van der Waals surface area contributed by atoms with Gasteiger partial charge in [-0.2, -0.15) is 5.26 Å². The van der Waals surface area contributed by atoms with E-state index >= 15 is 0 Å². The molecule has 3 rings (SSSR count). The predicted molar refractivity (Wildman–Crippen MR) is 101 cm³/mol. The van der Waals surface area contributed by atoms with Gasteiger partial charge in [-0.15, -0.1) is 0 Å². The molecule has 1 atom stereocenters. The number of ketones is 1. The van der Waals surface area contributed by atoms with Crippen molar-refractivity contribution in [2.24, 2.45) is 5.92 Å². The minimum atomic E-state index is -1.55. The first-order valence-electron chi connectivity index (χ1n) is 8.02. The van der Waals surface area contributed by atoms with Crippen LogP contribution in [0.4, 0.5) is 5.69 Å². The van der Waals surface area contributed by atoms with Crippen LogP contribution in [0.25, 0.3) is 11.0 Å². The maximum Gasteiger partial charge on any atom is 0.249 e. The zero-order valence-electron chi connectivity index (χ0n) is 14.6. The van der Waals surface area contributed by atoms with Crippen molar-refractivity contribution < 1.29 is 18.7 Å². The van der Waals surface area contributed by atoms with Crippen molar-refractivity contribution in [1.29, 1.82) is 5.26 Å². The number of nitrogens with zero attached hydrogens (tertiary/aromatic N) is 1. The second-order valence-corrected chi connectivity index (χ2v) is 6.28. The van der Waals surface area contributed by atoms with Gasteiger partial charge in [-0.3, -0.25) is 9.59 Å². The summed E-state index contributed by atoms with van der Waals surface area (Å²) in [6.07, 6.45) is 0. The third-order valence-electron chi connectivity index (χ3n) is 4.11. The molecule has 1 aromatic heterocycles. The van der Waals surface area contributed by atoms with E-state index in [1.807, 2.05) is 0 Å². The van der Waals surface area contributed by atoms with Crippen LogP contribution in [-0.2, 0) is 4.79 Å². The number of hydrogen-bond acceptors (Lipinski definition) is 5. The predicted octanol–water partition coefficient (Wildman–Crippen LogP) is 4.36. The summed E-state index contributed by atoms with van der Waals surface area (Å²) in [5.74, 6) is -2.49. The molecular weight excluding hydrogens is 368 g/mol. The van der Waals surface area contributed by atoms with Gasteiger partial charge in [-0.1, -0.05) is 17.7 Å². The summed E-state index contributed by atoms with van der Waals surface area (Å²) in [6.45, 7) is 1.68. The van der Waals surface area contributed by atoms with E-state index in [1.165, 1.54) is 7.11 Å². The minimum Gasteiger partial charge on any atom is -0.497 e. The van der Waals surface area contributed by atoms with E-state index in [0.717, 1.165) is 0 Å². The van der Waals surface area contributed by atoms with Gasteiger partial charge in [0.2, 0.25) is 11.7 Å². The summed E-state index contributed by atoms with van der Waals surface area (Å²) in [6, 6.07) is 13.3. The van der Waals surface area contributed by atoms with Crippen molar-refractivity contribution in [2.75, 3.05) is 12.4 Å². The Morgan fingerprint density at radius 2 is 2.04 bits per heavy atom. The van der Waals surface area contributed by atoms with Crippen LogP contribution < -0.4 is 10.1 Å². The van der Waals surface area contributed by atoms with E-state index in [-0.39, 0.29) is 5.76 Å². The average molecular weight is 383 g/mol. The molecule has 0 radical (unpaired) electrons. The number of carbonyl (C=O) groups is 2. The zero-order valence-corrected chi connectivity index (χ0v) is 15.3. The molecule has 0 aliphatic heterocycles. The van der Waals surface area contributed by atoms with Crippen LogP contribution in [-0.4, -0.2) is 18.8 Å². The van der Waals surface area contributed by atoms with Crippen molar-refractivity contribution in [2.45, 2.75) is 6.92 Å². The number of aryl methyl sites for hydroxylation is 1. The number of rotatable bonds is 5. The smallest absolute Gasteiger partial charge is 0.249 e. The number of fused-ring (bicyclic) bond motifs is 1. The number of ether oxygens (including phenoxy) is 1. The molecule has 0 bridgehead atoms. The number of carbonyl (C=O) groups excluding carboxylic acids is 2. The average Bonchev–Trinajstić information content (AvgIpc) is 2.98. The summed E-state index contributed by atoms with van der Waals surface area (Å²) < 4.78 is 10.7. The van der Waals surface area contributed by atoms with Gasteiger partial charge in [0, 0.05) is 27.7 Å². The molecule has 7 heteroatoms.